The predicted octanol–water partition coefficient (Wildman–Crippen LogP) is 3.00. The maximum absolute atomic E-state index is 13.2. The molecule has 9 nitrogen and oxygen atoms in total. The molecule has 0 aliphatic carbocycles. The van der Waals surface area contributed by atoms with Gasteiger partial charge < -0.3 is 24.3 Å². The largest absolute Gasteiger partial charge is 0.493 e. The summed E-state index contributed by atoms with van der Waals surface area (Å²) in [4.78, 5) is 13.2. The van der Waals surface area contributed by atoms with Gasteiger partial charge in [0, 0.05) is 13.1 Å². The zero-order valence-electron chi connectivity index (χ0n) is 19.4. The third-order valence-electron chi connectivity index (χ3n) is 5.12. The molecular formula is C22H30N2O7S. The van der Waals surface area contributed by atoms with Gasteiger partial charge in [0.25, 0.3) is 5.91 Å². The molecule has 0 aliphatic rings. The summed E-state index contributed by atoms with van der Waals surface area (Å²) in [5.41, 5.74) is 1.10. The van der Waals surface area contributed by atoms with Crippen molar-refractivity contribution in [3.8, 4) is 23.0 Å². The van der Waals surface area contributed by atoms with E-state index in [1.54, 1.807) is 19.2 Å². The molecule has 10 heteroatoms. The van der Waals surface area contributed by atoms with Gasteiger partial charge in [-0.05, 0) is 37.6 Å². The quantitative estimate of drug-likeness (QED) is 0.574. The maximum Gasteiger partial charge on any atom is 0.254 e. The van der Waals surface area contributed by atoms with E-state index in [1.165, 1.54) is 47.4 Å². The number of methoxy groups -OCH3 is 4. The van der Waals surface area contributed by atoms with E-state index in [2.05, 4.69) is 5.32 Å². The lowest BCUT2D eigenvalue weighted by atomic mass is 10.1. The van der Waals surface area contributed by atoms with Crippen LogP contribution in [0.1, 0.15) is 35.8 Å². The van der Waals surface area contributed by atoms with Crippen LogP contribution in [0.25, 0.3) is 0 Å². The van der Waals surface area contributed by atoms with E-state index in [9.17, 15) is 13.2 Å². The van der Waals surface area contributed by atoms with Gasteiger partial charge in [-0.15, -0.1) is 0 Å². The van der Waals surface area contributed by atoms with Crippen LogP contribution in [-0.4, -0.2) is 55.6 Å². The number of sulfonamides is 1. The van der Waals surface area contributed by atoms with Crippen molar-refractivity contribution in [3.05, 3.63) is 41.5 Å². The molecule has 32 heavy (non-hydrogen) atoms. The molecule has 0 spiro atoms. The first kappa shape index (κ1) is 25.1. The fraction of sp³-hybridized carbons (Fsp3) is 0.409. The number of carbonyl (C=O) groups is 1. The normalized spacial score (nSPS) is 12.0. The number of hydrogen-bond donors (Lipinski definition) is 1. The summed E-state index contributed by atoms with van der Waals surface area (Å²) >= 11 is 0. The summed E-state index contributed by atoms with van der Waals surface area (Å²) in [5.74, 6) is 1.13. The molecule has 1 amide bonds. The highest BCUT2D eigenvalue weighted by atomic mass is 32.2. The fourth-order valence-electron chi connectivity index (χ4n) is 3.13. The zero-order chi connectivity index (χ0) is 24.1. The average Bonchev–Trinajstić information content (AvgIpc) is 2.81. The second-order valence-corrected chi connectivity index (χ2v) is 9.19. The van der Waals surface area contributed by atoms with E-state index in [0.717, 1.165) is 9.87 Å². The number of hydrogen-bond acceptors (Lipinski definition) is 7. The van der Waals surface area contributed by atoms with Crippen LogP contribution >= 0.6 is 0 Å². The minimum absolute atomic E-state index is 0.124. The number of rotatable bonds is 10. The van der Waals surface area contributed by atoms with Crippen LogP contribution in [0.5, 0.6) is 23.0 Å². The standard InChI is InChI=1S/C22H30N2O7S/c1-8-32(26,27)24(3)17-13-21(31-7)20(30-6)12-16(17)22(25)23-14(2)15-9-10-18(28-4)19(11-15)29-5/h9-14H,8H2,1-7H3,(H,23,25). The summed E-state index contributed by atoms with van der Waals surface area (Å²) in [5, 5.41) is 2.90. The summed E-state index contributed by atoms with van der Waals surface area (Å²) in [7, 11) is 3.73. The van der Waals surface area contributed by atoms with E-state index in [4.69, 9.17) is 18.9 Å². The van der Waals surface area contributed by atoms with Crippen LogP contribution in [-0.2, 0) is 10.0 Å². The van der Waals surface area contributed by atoms with Crippen molar-refractivity contribution in [1.82, 2.24) is 5.32 Å². The van der Waals surface area contributed by atoms with Crippen LogP contribution in [0.4, 0.5) is 5.69 Å². The molecule has 0 radical (unpaired) electrons. The molecule has 2 aromatic carbocycles. The first-order valence-electron chi connectivity index (χ1n) is 9.88. The molecule has 0 saturated heterocycles. The molecule has 0 heterocycles. The van der Waals surface area contributed by atoms with Gasteiger partial charge in [0.1, 0.15) is 0 Å². The molecular weight excluding hydrogens is 436 g/mol. The number of nitrogens with one attached hydrogen (secondary N) is 1. The predicted molar refractivity (Wildman–Crippen MR) is 123 cm³/mol. The highest BCUT2D eigenvalue weighted by Gasteiger charge is 2.26. The first-order chi connectivity index (χ1) is 15.1. The second kappa shape index (κ2) is 10.4. The number of anilines is 1. The number of benzene rings is 2. The molecule has 0 aliphatic heterocycles. The monoisotopic (exact) mass is 466 g/mol. The van der Waals surface area contributed by atoms with Crippen LogP contribution in [0.15, 0.2) is 30.3 Å². The highest BCUT2D eigenvalue weighted by Crippen LogP contribution is 2.36. The lowest BCUT2D eigenvalue weighted by molar-refractivity contribution is 0.0940. The van der Waals surface area contributed by atoms with Gasteiger partial charge in [-0.3, -0.25) is 9.10 Å². The summed E-state index contributed by atoms with van der Waals surface area (Å²) in [6.07, 6.45) is 0. The minimum Gasteiger partial charge on any atom is -0.493 e. The van der Waals surface area contributed by atoms with Crippen molar-refractivity contribution in [3.63, 3.8) is 0 Å². The van der Waals surface area contributed by atoms with Crippen LogP contribution in [0, 0.1) is 0 Å². The molecule has 176 valence electrons. The van der Waals surface area contributed by atoms with Crippen molar-refractivity contribution in [1.29, 1.82) is 0 Å². The third-order valence-corrected chi connectivity index (χ3v) is 6.88. The van der Waals surface area contributed by atoms with Gasteiger partial charge in [0.15, 0.2) is 23.0 Å². The van der Waals surface area contributed by atoms with Gasteiger partial charge in [-0.1, -0.05) is 6.07 Å². The number of ether oxygens (including phenoxy) is 4. The topological polar surface area (TPSA) is 103 Å². The number of nitrogens with zero attached hydrogens (tertiary/aromatic N) is 1. The van der Waals surface area contributed by atoms with Crippen LogP contribution in [0.3, 0.4) is 0 Å². The molecule has 0 bridgehead atoms. The summed E-state index contributed by atoms with van der Waals surface area (Å²) in [6.45, 7) is 3.34. The van der Waals surface area contributed by atoms with Gasteiger partial charge >= 0.3 is 0 Å². The Morgan fingerprint density at radius 3 is 2.00 bits per heavy atom. The molecule has 2 rings (SSSR count). The lowest BCUT2D eigenvalue weighted by Gasteiger charge is -2.24. The van der Waals surface area contributed by atoms with Gasteiger partial charge in [0.05, 0.1) is 51.5 Å². The Balaban J connectivity index is 2.47. The number of amides is 1. The van der Waals surface area contributed by atoms with Crippen LogP contribution < -0.4 is 28.6 Å². The van der Waals surface area contributed by atoms with Crippen molar-refractivity contribution >= 4 is 21.6 Å². The zero-order valence-corrected chi connectivity index (χ0v) is 20.2. The van der Waals surface area contributed by atoms with Gasteiger partial charge in [-0.2, -0.15) is 0 Å². The van der Waals surface area contributed by atoms with E-state index in [0.29, 0.717) is 23.0 Å². The van der Waals surface area contributed by atoms with Crippen molar-refractivity contribution in [2.75, 3.05) is 45.5 Å². The van der Waals surface area contributed by atoms with E-state index in [-0.39, 0.29) is 17.0 Å². The Hall–Kier alpha value is -3.14. The Bertz CT molecular complexity index is 1070. The molecule has 1 unspecified atom stereocenters. The molecule has 0 aromatic heterocycles. The van der Waals surface area contributed by atoms with E-state index in [1.807, 2.05) is 13.0 Å². The van der Waals surface area contributed by atoms with Crippen molar-refractivity contribution in [2.24, 2.45) is 0 Å². The maximum atomic E-state index is 13.2. The van der Waals surface area contributed by atoms with Crippen molar-refractivity contribution in [2.45, 2.75) is 19.9 Å². The summed E-state index contributed by atoms with van der Waals surface area (Å²) in [6, 6.07) is 7.87. The van der Waals surface area contributed by atoms with Gasteiger partial charge in [0.2, 0.25) is 10.0 Å². The molecule has 1 atom stereocenters. The van der Waals surface area contributed by atoms with E-state index >= 15 is 0 Å². The van der Waals surface area contributed by atoms with E-state index < -0.39 is 22.0 Å². The highest BCUT2D eigenvalue weighted by molar-refractivity contribution is 7.92. The Kier molecular flexibility index (Phi) is 8.20. The van der Waals surface area contributed by atoms with Crippen LogP contribution in [0.2, 0.25) is 0 Å². The number of carbonyl (C=O) groups excluding carboxylic acids is 1. The molecule has 0 fully saturated rings. The smallest absolute Gasteiger partial charge is 0.254 e. The Morgan fingerprint density at radius 2 is 1.47 bits per heavy atom. The fourth-order valence-corrected chi connectivity index (χ4v) is 3.97. The Morgan fingerprint density at radius 1 is 0.938 bits per heavy atom. The molecule has 1 N–H and O–H groups in total. The Labute approximate surface area is 189 Å². The third kappa shape index (κ3) is 5.18. The first-order valence-corrected chi connectivity index (χ1v) is 11.5. The molecule has 2 aromatic rings. The minimum atomic E-state index is -3.62. The van der Waals surface area contributed by atoms with Crippen molar-refractivity contribution < 1.29 is 32.2 Å². The molecule has 0 saturated carbocycles. The van der Waals surface area contributed by atoms with Gasteiger partial charge in [-0.25, -0.2) is 8.42 Å². The average molecular weight is 467 g/mol. The summed E-state index contributed by atoms with van der Waals surface area (Å²) < 4.78 is 47.3. The SMILES string of the molecule is CCS(=O)(=O)N(C)c1cc(OC)c(OC)cc1C(=O)NC(C)c1ccc(OC)c(OC)c1. The second-order valence-electron chi connectivity index (χ2n) is 6.90. The lowest BCUT2D eigenvalue weighted by Crippen LogP contribution is -2.32.